The number of likely N-dealkylation sites (N-methyl/N-ethyl adjacent to an activating group) is 1. The molecule has 5 aliphatic rings. The Morgan fingerprint density at radius 2 is 1.94 bits per heavy atom. The number of carbonyl (C=O) groups is 1. The maximum Gasteiger partial charge on any atom is 0.133 e. The second kappa shape index (κ2) is 9.28. The molecular formula is C27H45NO4. The quantitative estimate of drug-likeness (QED) is 0.614. The van der Waals surface area contributed by atoms with E-state index in [1.54, 1.807) is 7.11 Å². The van der Waals surface area contributed by atoms with Crippen LogP contribution in [0.5, 0.6) is 0 Å². The van der Waals surface area contributed by atoms with E-state index in [-0.39, 0.29) is 23.0 Å². The third-order valence-electron chi connectivity index (χ3n) is 10.5. The summed E-state index contributed by atoms with van der Waals surface area (Å²) in [5, 5.41) is 11.5. The molecular weight excluding hydrogens is 402 g/mol. The Bertz CT molecular complexity index is 679. The summed E-state index contributed by atoms with van der Waals surface area (Å²) in [7, 11) is 3.99. The molecule has 1 heterocycles. The van der Waals surface area contributed by atoms with Crippen LogP contribution in [-0.4, -0.2) is 66.9 Å². The van der Waals surface area contributed by atoms with Gasteiger partial charge in [-0.1, -0.05) is 32.1 Å². The molecule has 0 spiro atoms. The van der Waals surface area contributed by atoms with Crippen molar-refractivity contribution in [1.29, 1.82) is 0 Å². The maximum atomic E-state index is 12.9. The van der Waals surface area contributed by atoms with Crippen LogP contribution in [0.25, 0.3) is 0 Å². The van der Waals surface area contributed by atoms with Crippen LogP contribution in [0.1, 0.15) is 89.9 Å². The van der Waals surface area contributed by atoms with Gasteiger partial charge in [0.25, 0.3) is 0 Å². The molecule has 5 rings (SSSR count). The number of hydrogen-bond donors (Lipinski definition) is 1. The summed E-state index contributed by atoms with van der Waals surface area (Å²) in [5.74, 6) is 1.84. The highest BCUT2D eigenvalue weighted by molar-refractivity contribution is 5.81. The topological polar surface area (TPSA) is 59.0 Å². The number of likely N-dealkylation sites (tertiary alicyclic amines) is 1. The van der Waals surface area contributed by atoms with E-state index in [0.29, 0.717) is 30.6 Å². The largest absolute Gasteiger partial charge is 0.390 e. The van der Waals surface area contributed by atoms with E-state index in [9.17, 15) is 9.90 Å². The first kappa shape index (κ1) is 23.3. The van der Waals surface area contributed by atoms with Crippen LogP contribution in [0.2, 0.25) is 0 Å². The molecule has 5 unspecified atom stereocenters. The first-order valence-corrected chi connectivity index (χ1v) is 13.6. The number of ketones is 1. The van der Waals surface area contributed by atoms with Gasteiger partial charge in [0.15, 0.2) is 0 Å². The van der Waals surface area contributed by atoms with Gasteiger partial charge in [-0.15, -0.1) is 0 Å². The van der Waals surface area contributed by atoms with Crippen molar-refractivity contribution >= 4 is 5.78 Å². The van der Waals surface area contributed by atoms with Gasteiger partial charge in [-0.3, -0.25) is 4.79 Å². The standard InChI is InChI=1S/C27H45NO4/c1-28-15-14-26-18-21(29)12-13-27(26,32-16-6-9-19-7-4-3-5-8-19)23(28)17-20-10-11-22(31-2)25(30)24(20)26/h19-20,22-25,30H,3-18H2,1-2H3/t20?,22?,23?,24?,25?,26-,27-/m1/s1. The number of nitrogens with zero attached hydrogens (tertiary/aromatic N) is 1. The number of piperidine rings is 1. The summed E-state index contributed by atoms with van der Waals surface area (Å²) >= 11 is 0. The maximum absolute atomic E-state index is 12.9. The smallest absolute Gasteiger partial charge is 0.133 e. The number of aliphatic hydroxyl groups excluding tert-OH is 1. The molecule has 4 saturated carbocycles. The van der Waals surface area contributed by atoms with Gasteiger partial charge in [-0.05, 0) is 76.3 Å². The molecule has 0 aromatic heterocycles. The highest BCUT2D eigenvalue weighted by atomic mass is 16.5. The first-order valence-electron chi connectivity index (χ1n) is 13.6. The van der Waals surface area contributed by atoms with Crippen molar-refractivity contribution < 1.29 is 19.4 Å². The van der Waals surface area contributed by atoms with Crippen LogP contribution < -0.4 is 0 Å². The molecule has 182 valence electrons. The summed E-state index contributed by atoms with van der Waals surface area (Å²) in [5.41, 5.74) is -0.526. The van der Waals surface area contributed by atoms with Crippen LogP contribution in [0.4, 0.5) is 0 Å². The number of fused-ring (bicyclic) bond motifs is 1. The van der Waals surface area contributed by atoms with Crippen LogP contribution in [0, 0.1) is 23.2 Å². The molecule has 2 bridgehead atoms. The average Bonchev–Trinajstić information content (AvgIpc) is 2.80. The molecule has 5 heteroatoms. The van der Waals surface area contributed by atoms with Crippen LogP contribution in [0.15, 0.2) is 0 Å². The summed E-state index contributed by atoms with van der Waals surface area (Å²) in [6.45, 7) is 1.80. The zero-order valence-corrected chi connectivity index (χ0v) is 20.4. The third-order valence-corrected chi connectivity index (χ3v) is 10.5. The van der Waals surface area contributed by atoms with Gasteiger partial charge >= 0.3 is 0 Å². The van der Waals surface area contributed by atoms with Gasteiger partial charge in [-0.25, -0.2) is 0 Å². The van der Waals surface area contributed by atoms with Gasteiger partial charge in [-0.2, -0.15) is 0 Å². The molecule has 4 aliphatic carbocycles. The van der Waals surface area contributed by atoms with Crippen molar-refractivity contribution in [2.75, 3.05) is 27.3 Å². The predicted octanol–water partition coefficient (Wildman–Crippen LogP) is 4.35. The minimum absolute atomic E-state index is 0.108. The molecule has 0 amide bonds. The Hall–Kier alpha value is -0.490. The lowest BCUT2D eigenvalue weighted by Gasteiger charge is -2.70. The molecule has 32 heavy (non-hydrogen) atoms. The number of aliphatic hydroxyl groups is 1. The minimum Gasteiger partial charge on any atom is -0.390 e. The summed E-state index contributed by atoms with van der Waals surface area (Å²) in [6.07, 6.45) is 14.9. The van der Waals surface area contributed by atoms with Crippen molar-refractivity contribution in [2.45, 2.75) is 114 Å². The van der Waals surface area contributed by atoms with E-state index in [4.69, 9.17) is 9.47 Å². The predicted molar refractivity (Wildman–Crippen MR) is 124 cm³/mol. The number of Topliss-reactive ketones (excluding diaryl/α,β-unsaturated/α-hetero) is 1. The number of rotatable bonds is 6. The molecule has 1 aliphatic heterocycles. The SMILES string of the molecule is COC1CCC2CC3N(C)CC[C@@]4(CC(=O)CC[C@@]34OCCCC3CCCCC3)C2C1O. The van der Waals surface area contributed by atoms with E-state index in [0.717, 1.165) is 57.6 Å². The second-order valence-electron chi connectivity index (χ2n) is 11.9. The van der Waals surface area contributed by atoms with E-state index in [1.807, 2.05) is 0 Å². The lowest BCUT2D eigenvalue weighted by Crippen LogP contribution is -2.77. The molecule has 1 saturated heterocycles. The van der Waals surface area contributed by atoms with E-state index in [1.165, 1.54) is 38.5 Å². The molecule has 0 radical (unpaired) electrons. The Morgan fingerprint density at radius 1 is 1.12 bits per heavy atom. The van der Waals surface area contributed by atoms with E-state index in [2.05, 4.69) is 11.9 Å². The van der Waals surface area contributed by atoms with Crippen molar-refractivity contribution in [3.63, 3.8) is 0 Å². The molecule has 5 nitrogen and oxygen atoms in total. The molecule has 7 atom stereocenters. The number of ether oxygens (including phenoxy) is 2. The van der Waals surface area contributed by atoms with Gasteiger partial charge in [0.2, 0.25) is 0 Å². The van der Waals surface area contributed by atoms with Gasteiger partial charge in [0.1, 0.15) is 5.78 Å². The van der Waals surface area contributed by atoms with Crippen LogP contribution in [-0.2, 0) is 14.3 Å². The number of methoxy groups -OCH3 is 1. The Labute approximate surface area is 194 Å². The summed E-state index contributed by atoms with van der Waals surface area (Å²) < 4.78 is 12.8. The lowest BCUT2D eigenvalue weighted by molar-refractivity contribution is -0.292. The van der Waals surface area contributed by atoms with E-state index < -0.39 is 6.10 Å². The fourth-order valence-corrected chi connectivity index (χ4v) is 9.03. The van der Waals surface area contributed by atoms with Crippen LogP contribution >= 0.6 is 0 Å². The minimum atomic E-state index is -0.487. The summed E-state index contributed by atoms with van der Waals surface area (Å²) in [4.78, 5) is 15.5. The number of carbonyl (C=O) groups excluding carboxylic acids is 1. The van der Waals surface area contributed by atoms with Crippen molar-refractivity contribution in [3.8, 4) is 0 Å². The fraction of sp³-hybridized carbons (Fsp3) is 0.963. The van der Waals surface area contributed by atoms with Gasteiger partial charge in [0, 0.05) is 38.0 Å². The molecule has 1 N–H and O–H groups in total. The van der Waals surface area contributed by atoms with Crippen molar-refractivity contribution in [3.05, 3.63) is 0 Å². The highest BCUT2D eigenvalue weighted by Crippen LogP contribution is 2.66. The lowest BCUT2D eigenvalue weighted by atomic mass is 9.42. The average molecular weight is 448 g/mol. The normalized spacial score (nSPS) is 45.3. The highest BCUT2D eigenvalue weighted by Gasteiger charge is 2.71. The van der Waals surface area contributed by atoms with Crippen molar-refractivity contribution in [2.24, 2.45) is 23.2 Å². The Morgan fingerprint density at radius 3 is 2.72 bits per heavy atom. The zero-order chi connectivity index (χ0) is 22.3. The molecule has 0 aromatic rings. The zero-order valence-electron chi connectivity index (χ0n) is 20.4. The van der Waals surface area contributed by atoms with Crippen LogP contribution in [0.3, 0.4) is 0 Å². The Balaban J connectivity index is 1.41. The molecule has 0 aromatic carbocycles. The molecule has 5 fully saturated rings. The first-order chi connectivity index (χ1) is 15.5. The Kier molecular flexibility index (Phi) is 6.75. The third kappa shape index (κ3) is 3.70. The summed E-state index contributed by atoms with van der Waals surface area (Å²) in [6, 6.07) is 0.367. The van der Waals surface area contributed by atoms with Gasteiger partial charge < -0.3 is 19.5 Å². The van der Waals surface area contributed by atoms with Gasteiger partial charge in [0.05, 0.1) is 17.8 Å². The van der Waals surface area contributed by atoms with Crippen molar-refractivity contribution in [1.82, 2.24) is 4.90 Å². The fourth-order valence-electron chi connectivity index (χ4n) is 9.03. The van der Waals surface area contributed by atoms with E-state index >= 15 is 0 Å². The monoisotopic (exact) mass is 447 g/mol. The second-order valence-corrected chi connectivity index (χ2v) is 11.9. The number of hydrogen-bond acceptors (Lipinski definition) is 5.